The second-order valence-corrected chi connectivity index (χ2v) is 4.50. The Balaban J connectivity index is 3.37. The molecule has 0 N–H and O–H groups in total. The highest BCUT2D eigenvalue weighted by Crippen LogP contribution is 2.35. The van der Waals surface area contributed by atoms with Crippen molar-refractivity contribution in [3.05, 3.63) is 23.8 Å². The van der Waals surface area contributed by atoms with Crippen LogP contribution in [-0.2, 0) is 4.74 Å². The number of rotatable bonds is 8. The molecule has 1 aromatic carbocycles. The van der Waals surface area contributed by atoms with Crippen molar-refractivity contribution in [1.82, 2.24) is 0 Å². The lowest BCUT2D eigenvalue weighted by atomic mass is 9.86. The first-order valence-corrected chi connectivity index (χ1v) is 6.99. The fourth-order valence-electron chi connectivity index (χ4n) is 2.42. The predicted octanol–water partition coefficient (Wildman–Crippen LogP) is 3.48. The third-order valence-electron chi connectivity index (χ3n) is 3.63. The summed E-state index contributed by atoms with van der Waals surface area (Å²) in [6, 6.07) is 5.32. The summed E-state index contributed by atoms with van der Waals surface area (Å²) < 4.78 is 16.4. The number of ketones is 1. The quantitative estimate of drug-likeness (QED) is 0.684. The number of hydrogen-bond donors (Lipinski definition) is 0. The first-order valence-electron chi connectivity index (χ1n) is 6.99. The van der Waals surface area contributed by atoms with Gasteiger partial charge in [0.15, 0.2) is 0 Å². The minimum atomic E-state index is -0.823. The molecule has 20 heavy (non-hydrogen) atoms. The molecular weight excluding hydrogens is 256 g/mol. The van der Waals surface area contributed by atoms with E-state index in [1.807, 2.05) is 20.8 Å². The second-order valence-electron chi connectivity index (χ2n) is 4.50. The Morgan fingerprint density at radius 1 is 1.05 bits per heavy atom. The predicted molar refractivity (Wildman–Crippen MR) is 78.8 cm³/mol. The van der Waals surface area contributed by atoms with Crippen molar-refractivity contribution in [2.75, 3.05) is 20.8 Å². The smallest absolute Gasteiger partial charge is 0.202 e. The molecule has 0 amide bonds. The number of carbonyl (C=O) groups is 1. The fraction of sp³-hybridized carbons (Fsp3) is 0.562. The molecule has 0 aromatic heterocycles. The van der Waals surface area contributed by atoms with Gasteiger partial charge in [0.05, 0.1) is 14.2 Å². The molecule has 1 aromatic rings. The van der Waals surface area contributed by atoms with Crippen LogP contribution in [0, 0.1) is 0 Å². The van der Waals surface area contributed by atoms with Gasteiger partial charge in [-0.3, -0.25) is 4.79 Å². The average Bonchev–Trinajstić information content (AvgIpc) is 2.51. The number of Topliss-reactive ketones (excluding diaryl/α,β-unsaturated/α-hetero) is 1. The van der Waals surface area contributed by atoms with Crippen LogP contribution in [0.1, 0.15) is 44.0 Å². The number of hydrogen-bond acceptors (Lipinski definition) is 4. The van der Waals surface area contributed by atoms with Gasteiger partial charge < -0.3 is 14.2 Å². The molecule has 4 nitrogen and oxygen atoms in total. The van der Waals surface area contributed by atoms with Crippen molar-refractivity contribution in [1.29, 1.82) is 0 Å². The fourth-order valence-corrected chi connectivity index (χ4v) is 2.42. The van der Waals surface area contributed by atoms with E-state index in [-0.39, 0.29) is 5.78 Å². The molecule has 112 valence electrons. The van der Waals surface area contributed by atoms with Gasteiger partial charge in [-0.15, -0.1) is 0 Å². The minimum absolute atomic E-state index is 0.0846. The van der Waals surface area contributed by atoms with Crippen LogP contribution in [0.15, 0.2) is 18.2 Å². The van der Waals surface area contributed by atoms with Gasteiger partial charge in [-0.2, -0.15) is 0 Å². The van der Waals surface area contributed by atoms with E-state index in [1.165, 1.54) is 0 Å². The highest BCUT2D eigenvalue weighted by Gasteiger charge is 2.39. The molecule has 0 fully saturated rings. The molecule has 0 bridgehead atoms. The van der Waals surface area contributed by atoms with E-state index in [4.69, 9.17) is 14.2 Å². The Bertz CT molecular complexity index is 428. The zero-order valence-electron chi connectivity index (χ0n) is 13.0. The number of methoxy groups -OCH3 is 2. The van der Waals surface area contributed by atoms with Crippen molar-refractivity contribution < 1.29 is 19.0 Å². The van der Waals surface area contributed by atoms with E-state index in [0.717, 1.165) is 0 Å². The zero-order valence-corrected chi connectivity index (χ0v) is 13.0. The molecule has 0 aliphatic heterocycles. The van der Waals surface area contributed by atoms with Gasteiger partial charge >= 0.3 is 0 Å². The molecule has 0 saturated heterocycles. The topological polar surface area (TPSA) is 44.8 Å². The highest BCUT2D eigenvalue weighted by molar-refractivity contribution is 6.06. The van der Waals surface area contributed by atoms with E-state index < -0.39 is 5.60 Å². The summed E-state index contributed by atoms with van der Waals surface area (Å²) in [5.74, 6) is 0.944. The van der Waals surface area contributed by atoms with E-state index >= 15 is 0 Å². The Kier molecular flexibility index (Phi) is 6.02. The van der Waals surface area contributed by atoms with Crippen LogP contribution in [0.2, 0.25) is 0 Å². The van der Waals surface area contributed by atoms with Crippen LogP contribution < -0.4 is 9.47 Å². The summed E-state index contributed by atoms with van der Waals surface area (Å²) in [6.45, 7) is 6.30. The SMILES string of the molecule is CCOC(CC)(CC)C(=O)c1c(OC)cccc1OC. The largest absolute Gasteiger partial charge is 0.496 e. The van der Waals surface area contributed by atoms with E-state index in [9.17, 15) is 4.79 Å². The average molecular weight is 280 g/mol. The molecule has 0 heterocycles. The van der Waals surface area contributed by atoms with Crippen molar-refractivity contribution in [2.24, 2.45) is 0 Å². The summed E-state index contributed by atoms with van der Waals surface area (Å²) in [5.41, 5.74) is -0.369. The third-order valence-corrected chi connectivity index (χ3v) is 3.63. The summed E-state index contributed by atoms with van der Waals surface area (Å²) in [6.07, 6.45) is 1.22. The van der Waals surface area contributed by atoms with Crippen LogP contribution in [0.25, 0.3) is 0 Å². The minimum Gasteiger partial charge on any atom is -0.496 e. The zero-order chi connectivity index (χ0) is 15.2. The third kappa shape index (κ3) is 2.96. The van der Waals surface area contributed by atoms with Gasteiger partial charge in [-0.1, -0.05) is 19.9 Å². The number of benzene rings is 1. The van der Waals surface area contributed by atoms with Crippen LogP contribution >= 0.6 is 0 Å². The van der Waals surface area contributed by atoms with Gasteiger partial charge in [0.25, 0.3) is 0 Å². The Labute approximate surface area is 121 Å². The van der Waals surface area contributed by atoms with Crippen molar-refractivity contribution in [2.45, 2.75) is 39.2 Å². The van der Waals surface area contributed by atoms with Gasteiger partial charge in [-0.25, -0.2) is 0 Å². The first kappa shape index (κ1) is 16.5. The maximum atomic E-state index is 13.0. The molecule has 1 rings (SSSR count). The second kappa shape index (κ2) is 7.29. The Morgan fingerprint density at radius 2 is 1.55 bits per heavy atom. The molecule has 0 unspecified atom stereocenters. The molecule has 0 radical (unpaired) electrons. The molecular formula is C16H24O4. The highest BCUT2D eigenvalue weighted by atomic mass is 16.5. The summed E-state index contributed by atoms with van der Waals surface area (Å²) in [7, 11) is 3.09. The first-order chi connectivity index (χ1) is 9.60. The lowest BCUT2D eigenvalue weighted by molar-refractivity contribution is -0.0253. The van der Waals surface area contributed by atoms with Crippen molar-refractivity contribution in [3.63, 3.8) is 0 Å². The van der Waals surface area contributed by atoms with E-state index in [2.05, 4.69) is 0 Å². The molecule has 0 saturated carbocycles. The maximum absolute atomic E-state index is 13.0. The molecule has 0 aliphatic rings. The van der Waals surface area contributed by atoms with E-state index in [1.54, 1.807) is 32.4 Å². The standard InChI is InChI=1S/C16H24O4/c1-6-16(7-2,20-8-3)15(17)14-12(18-4)10-9-11-13(14)19-5/h9-11H,6-8H2,1-5H3. The molecule has 0 atom stereocenters. The summed E-state index contributed by atoms with van der Waals surface area (Å²) in [5, 5.41) is 0. The van der Waals surface area contributed by atoms with Crippen LogP contribution in [0.5, 0.6) is 11.5 Å². The normalized spacial score (nSPS) is 11.2. The van der Waals surface area contributed by atoms with Crippen molar-refractivity contribution >= 4 is 5.78 Å². The molecule has 0 spiro atoms. The van der Waals surface area contributed by atoms with Crippen LogP contribution in [-0.4, -0.2) is 32.2 Å². The van der Waals surface area contributed by atoms with Gasteiger partial charge in [0, 0.05) is 6.61 Å². The lowest BCUT2D eigenvalue weighted by Crippen LogP contribution is -2.41. The molecule has 4 heteroatoms. The lowest BCUT2D eigenvalue weighted by Gasteiger charge is -2.31. The maximum Gasteiger partial charge on any atom is 0.202 e. The molecule has 0 aliphatic carbocycles. The van der Waals surface area contributed by atoms with Crippen molar-refractivity contribution in [3.8, 4) is 11.5 Å². The number of carbonyl (C=O) groups excluding carboxylic acids is 1. The van der Waals surface area contributed by atoms with Gasteiger partial charge in [0.1, 0.15) is 22.7 Å². The van der Waals surface area contributed by atoms with Gasteiger partial charge in [-0.05, 0) is 31.9 Å². The van der Waals surface area contributed by atoms with Crippen LogP contribution in [0.4, 0.5) is 0 Å². The summed E-state index contributed by atoms with van der Waals surface area (Å²) in [4.78, 5) is 13.0. The monoisotopic (exact) mass is 280 g/mol. The van der Waals surface area contributed by atoms with E-state index in [0.29, 0.717) is 36.5 Å². The Morgan fingerprint density at radius 3 is 1.90 bits per heavy atom. The Hall–Kier alpha value is -1.55. The number of ether oxygens (including phenoxy) is 3. The summed E-state index contributed by atoms with van der Waals surface area (Å²) >= 11 is 0. The van der Waals surface area contributed by atoms with Crippen LogP contribution in [0.3, 0.4) is 0 Å². The van der Waals surface area contributed by atoms with Gasteiger partial charge in [0.2, 0.25) is 5.78 Å².